The zero-order valence-corrected chi connectivity index (χ0v) is 12.9. The third-order valence-electron chi connectivity index (χ3n) is 3.29. The van der Waals surface area contributed by atoms with E-state index >= 15 is 0 Å². The van der Waals surface area contributed by atoms with E-state index in [9.17, 15) is 8.42 Å². The predicted molar refractivity (Wildman–Crippen MR) is 79.2 cm³/mol. The maximum Gasteiger partial charge on any atom is 0.240 e. The molecular formula is C14H19N3O3S. The Morgan fingerprint density at radius 2 is 1.90 bits per heavy atom. The Balaban J connectivity index is 2.11. The van der Waals surface area contributed by atoms with Crippen LogP contribution in [0.15, 0.2) is 33.7 Å². The average molecular weight is 309 g/mol. The second-order valence-corrected chi connectivity index (χ2v) is 6.58. The van der Waals surface area contributed by atoms with E-state index in [2.05, 4.69) is 9.88 Å². The first kappa shape index (κ1) is 15.7. The molecule has 1 heterocycles. The standard InChI is InChI=1S/C14H19N3O3S/c1-10-14(11(2)20-17-10)9-16-21(18,19)13-5-3-12(4-6-13)7-8-15/h3-6,16H,7-9,15H2,1-2H3. The molecule has 0 unspecified atom stereocenters. The number of nitrogens with one attached hydrogen (secondary N) is 1. The van der Waals surface area contributed by atoms with Crippen LogP contribution in [-0.4, -0.2) is 20.1 Å². The minimum atomic E-state index is -3.55. The number of hydrogen-bond acceptors (Lipinski definition) is 5. The molecule has 6 nitrogen and oxygen atoms in total. The summed E-state index contributed by atoms with van der Waals surface area (Å²) in [4.78, 5) is 0.232. The quantitative estimate of drug-likeness (QED) is 0.837. The summed E-state index contributed by atoms with van der Waals surface area (Å²) in [7, 11) is -3.55. The van der Waals surface area contributed by atoms with Crippen molar-refractivity contribution in [2.24, 2.45) is 5.73 Å². The number of nitrogens with zero attached hydrogens (tertiary/aromatic N) is 1. The highest BCUT2D eigenvalue weighted by molar-refractivity contribution is 7.89. The monoisotopic (exact) mass is 309 g/mol. The molecule has 0 aliphatic rings. The Hall–Kier alpha value is -1.70. The van der Waals surface area contributed by atoms with Gasteiger partial charge in [0.2, 0.25) is 10.0 Å². The van der Waals surface area contributed by atoms with Gasteiger partial charge in [0, 0.05) is 12.1 Å². The lowest BCUT2D eigenvalue weighted by Crippen LogP contribution is -2.23. The van der Waals surface area contributed by atoms with Crippen LogP contribution in [0.1, 0.15) is 22.6 Å². The summed E-state index contributed by atoms with van der Waals surface area (Å²) in [6.07, 6.45) is 0.729. The number of aromatic nitrogens is 1. The Morgan fingerprint density at radius 1 is 1.24 bits per heavy atom. The predicted octanol–water partition coefficient (Wildman–Crippen LogP) is 1.27. The van der Waals surface area contributed by atoms with Crippen molar-refractivity contribution in [1.29, 1.82) is 0 Å². The average Bonchev–Trinajstić information content (AvgIpc) is 2.77. The van der Waals surface area contributed by atoms with Crippen molar-refractivity contribution in [3.05, 3.63) is 46.8 Å². The van der Waals surface area contributed by atoms with Crippen molar-refractivity contribution in [2.45, 2.75) is 31.7 Å². The molecule has 2 rings (SSSR count). The molecule has 0 saturated carbocycles. The molecule has 0 bridgehead atoms. The largest absolute Gasteiger partial charge is 0.361 e. The Labute approximate surface area is 124 Å². The van der Waals surface area contributed by atoms with Crippen molar-refractivity contribution in [3.8, 4) is 0 Å². The van der Waals surface area contributed by atoms with Crippen LogP contribution in [0.2, 0.25) is 0 Å². The van der Waals surface area contributed by atoms with Crippen LogP contribution in [0.3, 0.4) is 0 Å². The first-order valence-electron chi connectivity index (χ1n) is 6.64. The van der Waals surface area contributed by atoms with Gasteiger partial charge in [-0.15, -0.1) is 0 Å². The van der Waals surface area contributed by atoms with Gasteiger partial charge in [-0.25, -0.2) is 13.1 Å². The summed E-state index contributed by atoms with van der Waals surface area (Å²) in [5.41, 5.74) is 7.94. The summed E-state index contributed by atoms with van der Waals surface area (Å²) >= 11 is 0. The molecule has 0 aliphatic carbocycles. The van der Waals surface area contributed by atoms with Gasteiger partial charge in [0.25, 0.3) is 0 Å². The Morgan fingerprint density at radius 3 is 2.43 bits per heavy atom. The van der Waals surface area contributed by atoms with Gasteiger partial charge < -0.3 is 10.3 Å². The van der Waals surface area contributed by atoms with Crippen LogP contribution in [0, 0.1) is 13.8 Å². The number of aryl methyl sites for hydroxylation is 2. The summed E-state index contributed by atoms with van der Waals surface area (Å²) < 4.78 is 32.0. The molecular weight excluding hydrogens is 290 g/mol. The van der Waals surface area contributed by atoms with Crippen molar-refractivity contribution in [2.75, 3.05) is 6.54 Å². The fourth-order valence-corrected chi connectivity index (χ4v) is 3.00. The van der Waals surface area contributed by atoms with Gasteiger partial charge in [-0.05, 0) is 44.5 Å². The third-order valence-corrected chi connectivity index (χ3v) is 4.70. The SMILES string of the molecule is Cc1noc(C)c1CNS(=O)(=O)c1ccc(CCN)cc1. The van der Waals surface area contributed by atoms with E-state index < -0.39 is 10.0 Å². The van der Waals surface area contributed by atoms with Crippen LogP contribution >= 0.6 is 0 Å². The molecule has 0 saturated heterocycles. The zero-order valence-electron chi connectivity index (χ0n) is 12.1. The normalized spacial score (nSPS) is 11.8. The zero-order chi connectivity index (χ0) is 15.5. The topological polar surface area (TPSA) is 98.2 Å². The van der Waals surface area contributed by atoms with E-state index in [4.69, 9.17) is 10.3 Å². The molecule has 2 aromatic rings. The minimum absolute atomic E-state index is 0.161. The molecule has 0 atom stereocenters. The number of sulfonamides is 1. The highest BCUT2D eigenvalue weighted by Crippen LogP contribution is 2.15. The van der Waals surface area contributed by atoms with Gasteiger partial charge in [-0.2, -0.15) is 0 Å². The molecule has 0 fully saturated rings. The van der Waals surface area contributed by atoms with Crippen LogP contribution < -0.4 is 10.5 Å². The van der Waals surface area contributed by atoms with Crippen LogP contribution in [0.25, 0.3) is 0 Å². The second kappa shape index (κ2) is 6.38. The van der Waals surface area contributed by atoms with Crippen molar-refractivity contribution in [1.82, 2.24) is 9.88 Å². The Kier molecular flexibility index (Phi) is 4.76. The van der Waals surface area contributed by atoms with Gasteiger partial charge in [0.05, 0.1) is 10.6 Å². The van der Waals surface area contributed by atoms with E-state index in [1.54, 1.807) is 38.1 Å². The molecule has 0 spiro atoms. The minimum Gasteiger partial charge on any atom is -0.361 e. The highest BCUT2D eigenvalue weighted by Gasteiger charge is 2.16. The van der Waals surface area contributed by atoms with Crippen LogP contribution in [0.5, 0.6) is 0 Å². The van der Waals surface area contributed by atoms with E-state index in [-0.39, 0.29) is 11.4 Å². The number of benzene rings is 1. The first-order chi connectivity index (χ1) is 9.94. The molecule has 21 heavy (non-hydrogen) atoms. The fraction of sp³-hybridized carbons (Fsp3) is 0.357. The lowest BCUT2D eigenvalue weighted by atomic mass is 10.2. The summed E-state index contributed by atoms with van der Waals surface area (Å²) in [5, 5.41) is 3.80. The Bertz CT molecular complexity index is 686. The van der Waals surface area contributed by atoms with Gasteiger partial charge in [0.15, 0.2) is 0 Å². The lowest BCUT2D eigenvalue weighted by molar-refractivity contribution is 0.392. The van der Waals surface area contributed by atoms with Crippen LogP contribution in [-0.2, 0) is 23.0 Å². The van der Waals surface area contributed by atoms with E-state index in [1.165, 1.54) is 0 Å². The van der Waals surface area contributed by atoms with Gasteiger partial charge >= 0.3 is 0 Å². The molecule has 1 aromatic heterocycles. The molecule has 1 aromatic carbocycles. The highest BCUT2D eigenvalue weighted by atomic mass is 32.2. The second-order valence-electron chi connectivity index (χ2n) is 4.81. The van der Waals surface area contributed by atoms with Gasteiger partial charge in [-0.3, -0.25) is 0 Å². The molecule has 114 valence electrons. The molecule has 3 N–H and O–H groups in total. The van der Waals surface area contributed by atoms with E-state index in [0.717, 1.165) is 17.5 Å². The fourth-order valence-electron chi connectivity index (χ4n) is 2.01. The summed E-state index contributed by atoms with van der Waals surface area (Å²) in [6.45, 7) is 4.23. The molecule has 0 aliphatic heterocycles. The maximum atomic E-state index is 12.2. The molecule has 0 radical (unpaired) electrons. The van der Waals surface area contributed by atoms with Gasteiger partial charge in [-0.1, -0.05) is 17.3 Å². The number of rotatable bonds is 6. The summed E-state index contributed by atoms with van der Waals surface area (Å²) in [6, 6.07) is 6.72. The maximum absolute atomic E-state index is 12.2. The molecule has 0 amide bonds. The van der Waals surface area contributed by atoms with Crippen molar-refractivity contribution in [3.63, 3.8) is 0 Å². The van der Waals surface area contributed by atoms with Gasteiger partial charge in [0.1, 0.15) is 5.76 Å². The van der Waals surface area contributed by atoms with Crippen molar-refractivity contribution >= 4 is 10.0 Å². The first-order valence-corrected chi connectivity index (χ1v) is 8.13. The van der Waals surface area contributed by atoms with Crippen LogP contribution in [0.4, 0.5) is 0 Å². The number of nitrogens with two attached hydrogens (primary N) is 1. The lowest BCUT2D eigenvalue weighted by Gasteiger charge is -2.07. The van der Waals surface area contributed by atoms with E-state index in [0.29, 0.717) is 18.0 Å². The van der Waals surface area contributed by atoms with Crippen molar-refractivity contribution < 1.29 is 12.9 Å². The third kappa shape index (κ3) is 3.69. The smallest absolute Gasteiger partial charge is 0.240 e. The number of hydrogen-bond donors (Lipinski definition) is 2. The van der Waals surface area contributed by atoms with E-state index in [1.807, 2.05) is 0 Å². The molecule has 7 heteroatoms. The summed E-state index contributed by atoms with van der Waals surface area (Å²) in [5.74, 6) is 0.619.